The van der Waals surface area contributed by atoms with Gasteiger partial charge in [0.1, 0.15) is 0 Å². The Morgan fingerprint density at radius 1 is 0.605 bits per heavy atom. The lowest BCUT2D eigenvalue weighted by atomic mass is 10.0. The van der Waals surface area contributed by atoms with E-state index in [4.69, 9.17) is 4.99 Å². The minimum atomic E-state index is 0.743. The molecule has 1 heterocycles. The Kier molecular flexibility index (Phi) is 6.29. The average molecular weight is 489 g/mol. The second-order valence-corrected chi connectivity index (χ2v) is 9.42. The Hall–Kier alpha value is -4.95. The van der Waals surface area contributed by atoms with Crippen molar-refractivity contribution in [2.24, 2.45) is 4.99 Å². The summed E-state index contributed by atoms with van der Waals surface area (Å²) in [5, 5.41) is 2.53. The van der Waals surface area contributed by atoms with Crippen LogP contribution in [0, 0.1) is 0 Å². The normalized spacial score (nSPS) is 12.2. The highest BCUT2D eigenvalue weighted by atomic mass is 15.0. The zero-order valence-electron chi connectivity index (χ0n) is 21.4. The van der Waals surface area contributed by atoms with Gasteiger partial charge in [-0.25, -0.2) is 4.99 Å². The van der Waals surface area contributed by atoms with Gasteiger partial charge in [0.05, 0.1) is 22.4 Å². The minimum Gasteiger partial charge on any atom is -0.309 e. The standard InChI is InChI=1S/C36H28N2/c1-26(24-34(29-16-7-4-8-17-29)37-27(2)28-14-5-3-6-15-28)30-18-13-19-31(25-30)38-35-22-11-9-20-32(35)33-21-10-12-23-36(33)38/h3-25H,2H2,1H3/b26-24+,37-34?. The zero-order valence-corrected chi connectivity index (χ0v) is 21.4. The molecule has 38 heavy (non-hydrogen) atoms. The van der Waals surface area contributed by atoms with Gasteiger partial charge < -0.3 is 4.57 Å². The van der Waals surface area contributed by atoms with Crippen molar-refractivity contribution in [2.75, 3.05) is 0 Å². The molecule has 0 atom stereocenters. The molecule has 2 heteroatoms. The van der Waals surface area contributed by atoms with Gasteiger partial charge >= 0.3 is 0 Å². The highest BCUT2D eigenvalue weighted by molar-refractivity contribution is 6.14. The first kappa shape index (κ1) is 23.4. The smallest absolute Gasteiger partial charge is 0.0712 e. The van der Waals surface area contributed by atoms with E-state index in [-0.39, 0.29) is 0 Å². The third kappa shape index (κ3) is 4.49. The first-order valence-corrected chi connectivity index (χ1v) is 12.8. The Labute approximate surface area is 223 Å². The molecule has 0 spiro atoms. The van der Waals surface area contributed by atoms with Gasteiger partial charge in [-0.05, 0) is 54.0 Å². The van der Waals surface area contributed by atoms with Crippen molar-refractivity contribution in [3.63, 3.8) is 0 Å². The molecule has 0 aliphatic carbocycles. The summed E-state index contributed by atoms with van der Waals surface area (Å²) in [6.07, 6.45) is 2.16. The number of hydrogen-bond donors (Lipinski definition) is 0. The Morgan fingerprint density at radius 2 is 1.13 bits per heavy atom. The first-order chi connectivity index (χ1) is 18.7. The largest absolute Gasteiger partial charge is 0.309 e. The van der Waals surface area contributed by atoms with Gasteiger partial charge in [-0.15, -0.1) is 0 Å². The lowest BCUT2D eigenvalue weighted by Gasteiger charge is -2.11. The maximum absolute atomic E-state index is 4.98. The van der Waals surface area contributed by atoms with Gasteiger partial charge in [-0.3, -0.25) is 0 Å². The van der Waals surface area contributed by atoms with E-state index in [1.165, 1.54) is 21.8 Å². The molecule has 5 aromatic carbocycles. The fraction of sp³-hybridized carbons (Fsp3) is 0.0278. The van der Waals surface area contributed by atoms with E-state index >= 15 is 0 Å². The van der Waals surface area contributed by atoms with Crippen LogP contribution in [0.15, 0.2) is 151 Å². The summed E-state index contributed by atoms with van der Waals surface area (Å²) in [6, 6.07) is 46.4. The summed E-state index contributed by atoms with van der Waals surface area (Å²) in [5.41, 5.74) is 9.54. The van der Waals surface area contributed by atoms with Gasteiger partial charge in [-0.2, -0.15) is 0 Å². The van der Waals surface area contributed by atoms with E-state index in [2.05, 4.69) is 109 Å². The number of hydrogen-bond acceptors (Lipinski definition) is 1. The number of nitrogens with zero attached hydrogens (tertiary/aromatic N) is 2. The molecule has 0 fully saturated rings. The van der Waals surface area contributed by atoms with Crippen molar-refractivity contribution in [1.29, 1.82) is 0 Å². The summed E-state index contributed by atoms with van der Waals surface area (Å²) in [6.45, 7) is 6.40. The molecule has 182 valence electrons. The maximum atomic E-state index is 4.98. The van der Waals surface area contributed by atoms with E-state index in [1.807, 2.05) is 48.5 Å². The van der Waals surface area contributed by atoms with Crippen LogP contribution in [-0.2, 0) is 0 Å². The summed E-state index contributed by atoms with van der Waals surface area (Å²) in [4.78, 5) is 4.98. The predicted molar refractivity (Wildman–Crippen MR) is 163 cm³/mol. The molecule has 0 N–H and O–H groups in total. The van der Waals surface area contributed by atoms with Crippen LogP contribution in [0.4, 0.5) is 0 Å². The zero-order chi connectivity index (χ0) is 25.9. The summed E-state index contributed by atoms with van der Waals surface area (Å²) >= 11 is 0. The van der Waals surface area contributed by atoms with E-state index in [0.29, 0.717) is 0 Å². The highest BCUT2D eigenvalue weighted by Gasteiger charge is 2.12. The predicted octanol–water partition coefficient (Wildman–Crippen LogP) is 9.35. The van der Waals surface area contributed by atoms with Crippen molar-refractivity contribution in [2.45, 2.75) is 6.92 Å². The molecule has 0 saturated carbocycles. The molecule has 0 saturated heterocycles. The molecule has 6 rings (SSSR count). The summed E-state index contributed by atoms with van der Waals surface area (Å²) in [5.74, 6) is 0. The van der Waals surface area contributed by atoms with Crippen LogP contribution in [0.25, 0.3) is 38.8 Å². The molecular weight excluding hydrogens is 460 g/mol. The second kappa shape index (κ2) is 10.2. The SMILES string of the molecule is C=C(N=C(/C=C(\C)c1cccc(-n2c3ccccc3c3ccccc32)c1)c1ccccc1)c1ccccc1. The van der Waals surface area contributed by atoms with Gasteiger partial charge in [0.2, 0.25) is 0 Å². The Morgan fingerprint density at radius 3 is 1.76 bits per heavy atom. The van der Waals surface area contributed by atoms with Crippen molar-refractivity contribution < 1.29 is 0 Å². The molecule has 0 aliphatic rings. The van der Waals surface area contributed by atoms with Crippen molar-refractivity contribution in [3.8, 4) is 5.69 Å². The van der Waals surface area contributed by atoms with Crippen LogP contribution >= 0.6 is 0 Å². The van der Waals surface area contributed by atoms with Crippen molar-refractivity contribution in [3.05, 3.63) is 163 Å². The summed E-state index contributed by atoms with van der Waals surface area (Å²) in [7, 11) is 0. The van der Waals surface area contributed by atoms with Crippen LogP contribution in [0.2, 0.25) is 0 Å². The third-order valence-electron chi connectivity index (χ3n) is 6.92. The molecule has 6 aromatic rings. The number of benzene rings is 5. The topological polar surface area (TPSA) is 17.3 Å². The van der Waals surface area contributed by atoms with Gasteiger partial charge in [0.25, 0.3) is 0 Å². The monoisotopic (exact) mass is 488 g/mol. The number of rotatable bonds is 6. The van der Waals surface area contributed by atoms with Crippen molar-refractivity contribution >= 4 is 38.8 Å². The maximum Gasteiger partial charge on any atom is 0.0712 e. The fourth-order valence-corrected chi connectivity index (χ4v) is 5.01. The Balaban J connectivity index is 1.45. The lowest BCUT2D eigenvalue weighted by molar-refractivity contribution is 1.18. The number of fused-ring (bicyclic) bond motifs is 3. The van der Waals surface area contributed by atoms with Crippen LogP contribution in [-0.4, -0.2) is 10.3 Å². The molecule has 0 radical (unpaired) electrons. The fourth-order valence-electron chi connectivity index (χ4n) is 5.01. The van der Waals surface area contributed by atoms with Crippen LogP contribution < -0.4 is 0 Å². The molecule has 0 amide bonds. The van der Waals surface area contributed by atoms with Gasteiger partial charge in [-0.1, -0.05) is 116 Å². The van der Waals surface area contributed by atoms with Crippen LogP contribution in [0.1, 0.15) is 23.6 Å². The van der Waals surface area contributed by atoms with E-state index in [1.54, 1.807) is 0 Å². The van der Waals surface area contributed by atoms with Crippen LogP contribution in [0.5, 0.6) is 0 Å². The number of para-hydroxylation sites is 2. The number of aromatic nitrogens is 1. The molecule has 2 nitrogen and oxygen atoms in total. The molecule has 0 aliphatic heterocycles. The molecule has 0 unspecified atom stereocenters. The molecular formula is C36H28N2. The second-order valence-electron chi connectivity index (χ2n) is 9.42. The van der Waals surface area contributed by atoms with Gasteiger partial charge in [0.15, 0.2) is 0 Å². The Bertz CT molecular complexity index is 1770. The van der Waals surface area contributed by atoms with E-state index in [9.17, 15) is 0 Å². The quantitative estimate of drug-likeness (QED) is 0.208. The molecule has 0 bridgehead atoms. The van der Waals surface area contributed by atoms with Gasteiger partial charge in [0, 0.05) is 22.0 Å². The minimum absolute atomic E-state index is 0.743. The number of allylic oxidation sites excluding steroid dienone is 2. The highest BCUT2D eigenvalue weighted by Crippen LogP contribution is 2.32. The summed E-state index contributed by atoms with van der Waals surface area (Å²) < 4.78 is 2.35. The lowest BCUT2D eigenvalue weighted by Crippen LogP contribution is -1.99. The van der Waals surface area contributed by atoms with Crippen LogP contribution in [0.3, 0.4) is 0 Å². The molecule has 1 aromatic heterocycles. The first-order valence-electron chi connectivity index (χ1n) is 12.8. The third-order valence-corrected chi connectivity index (χ3v) is 6.92. The van der Waals surface area contributed by atoms with Crippen molar-refractivity contribution in [1.82, 2.24) is 4.57 Å². The average Bonchev–Trinajstić information content (AvgIpc) is 3.32. The van der Waals surface area contributed by atoms with E-state index in [0.717, 1.165) is 39.4 Å². The number of aliphatic imine (C=N–C) groups is 1. The van der Waals surface area contributed by atoms with E-state index < -0.39 is 0 Å².